The van der Waals surface area contributed by atoms with Crippen LogP contribution in [0.3, 0.4) is 0 Å². The molecule has 1 unspecified atom stereocenters. The molecule has 0 N–H and O–H groups in total. The molecule has 3 rings (SSSR count). The smallest absolute Gasteiger partial charge is 0.179 e. The maximum atomic E-state index is 6.00. The van der Waals surface area contributed by atoms with E-state index in [9.17, 15) is 0 Å². The molecular formula is C21H31N5OSi. The molecule has 0 amide bonds. The van der Waals surface area contributed by atoms with Crippen molar-refractivity contribution in [2.75, 3.05) is 6.61 Å². The highest BCUT2D eigenvalue weighted by Crippen LogP contribution is 2.28. The second kappa shape index (κ2) is 8.30. The van der Waals surface area contributed by atoms with Crippen LogP contribution in [0.2, 0.25) is 25.7 Å². The number of aryl methyl sites for hydroxylation is 1. The van der Waals surface area contributed by atoms with Gasteiger partial charge in [0.2, 0.25) is 0 Å². The maximum Gasteiger partial charge on any atom is 0.179 e. The summed E-state index contributed by atoms with van der Waals surface area (Å²) in [5.74, 6) is 0.724. The number of hydrogen-bond acceptors (Lipinski definition) is 4. The first-order chi connectivity index (χ1) is 13.3. The van der Waals surface area contributed by atoms with Crippen molar-refractivity contribution in [2.45, 2.75) is 58.4 Å². The second-order valence-electron chi connectivity index (χ2n) is 8.44. The predicted molar refractivity (Wildman–Crippen MR) is 117 cm³/mol. The van der Waals surface area contributed by atoms with Crippen LogP contribution in [0.5, 0.6) is 0 Å². The Morgan fingerprint density at radius 3 is 2.75 bits per heavy atom. The van der Waals surface area contributed by atoms with Gasteiger partial charge in [-0.3, -0.25) is 4.68 Å². The minimum atomic E-state index is -1.14. The average molecular weight is 398 g/mol. The standard InChI is InChI=1S/C21H31N5OSi/c1-7-9-18(8-2)25-15-17(14-22-25)20-19-10-11-26(21(19)24-16(3)23-20)27-12-13-28(4,5)6/h7,10-11,14-15,18H,1,8-9,12-13H2,2-6H3. The molecule has 1 atom stereocenters. The summed E-state index contributed by atoms with van der Waals surface area (Å²) in [4.78, 5) is 15.3. The van der Waals surface area contributed by atoms with Gasteiger partial charge in [-0.05, 0) is 31.9 Å². The van der Waals surface area contributed by atoms with Gasteiger partial charge in [-0.2, -0.15) is 9.83 Å². The summed E-state index contributed by atoms with van der Waals surface area (Å²) < 4.78 is 3.80. The van der Waals surface area contributed by atoms with Gasteiger partial charge in [0.05, 0.1) is 17.9 Å². The van der Waals surface area contributed by atoms with Crippen LogP contribution in [0.4, 0.5) is 0 Å². The van der Waals surface area contributed by atoms with Crippen LogP contribution in [0, 0.1) is 6.92 Å². The Labute approximate surface area is 168 Å². The molecule has 0 aromatic carbocycles. The van der Waals surface area contributed by atoms with Gasteiger partial charge in [-0.15, -0.1) is 6.58 Å². The summed E-state index contributed by atoms with van der Waals surface area (Å²) in [5.41, 5.74) is 2.71. The zero-order valence-corrected chi connectivity index (χ0v) is 18.6. The second-order valence-corrected chi connectivity index (χ2v) is 14.1. The lowest BCUT2D eigenvalue weighted by Gasteiger charge is -2.16. The highest BCUT2D eigenvalue weighted by Gasteiger charge is 2.17. The molecule has 3 aromatic rings. The van der Waals surface area contributed by atoms with Crippen LogP contribution < -0.4 is 4.84 Å². The van der Waals surface area contributed by atoms with Gasteiger partial charge < -0.3 is 4.84 Å². The molecule has 28 heavy (non-hydrogen) atoms. The van der Waals surface area contributed by atoms with Crippen molar-refractivity contribution in [3.05, 3.63) is 43.1 Å². The molecule has 0 radical (unpaired) electrons. The zero-order chi connectivity index (χ0) is 20.3. The Kier molecular flexibility index (Phi) is 6.03. The van der Waals surface area contributed by atoms with Gasteiger partial charge in [0.15, 0.2) is 5.65 Å². The van der Waals surface area contributed by atoms with E-state index in [1.54, 1.807) is 4.73 Å². The van der Waals surface area contributed by atoms with E-state index < -0.39 is 8.07 Å². The molecule has 0 aliphatic rings. The van der Waals surface area contributed by atoms with E-state index in [0.717, 1.165) is 47.0 Å². The van der Waals surface area contributed by atoms with E-state index in [-0.39, 0.29) is 0 Å². The molecule has 150 valence electrons. The third-order valence-electron chi connectivity index (χ3n) is 4.86. The lowest BCUT2D eigenvalue weighted by atomic mass is 10.1. The first-order valence-corrected chi connectivity index (χ1v) is 13.7. The summed E-state index contributed by atoms with van der Waals surface area (Å²) in [6, 6.07) is 3.45. The molecule has 0 saturated carbocycles. The minimum absolute atomic E-state index is 0.319. The van der Waals surface area contributed by atoms with Gasteiger partial charge in [-0.25, -0.2) is 9.97 Å². The first kappa shape index (κ1) is 20.3. The van der Waals surface area contributed by atoms with E-state index in [1.807, 2.05) is 36.1 Å². The normalized spacial score (nSPS) is 13.0. The van der Waals surface area contributed by atoms with Gasteiger partial charge >= 0.3 is 0 Å². The van der Waals surface area contributed by atoms with Crippen LogP contribution in [0.15, 0.2) is 37.3 Å². The van der Waals surface area contributed by atoms with E-state index in [2.05, 4.69) is 49.4 Å². The van der Waals surface area contributed by atoms with E-state index in [1.165, 1.54) is 0 Å². The maximum absolute atomic E-state index is 6.00. The quantitative estimate of drug-likeness (QED) is 0.381. The van der Waals surface area contributed by atoms with Crippen LogP contribution in [0.25, 0.3) is 22.3 Å². The monoisotopic (exact) mass is 397 g/mol. The molecule has 6 nitrogen and oxygen atoms in total. The Hall–Kier alpha value is -2.41. The topological polar surface area (TPSA) is 57.8 Å². The number of rotatable bonds is 9. The first-order valence-electron chi connectivity index (χ1n) is 9.97. The lowest BCUT2D eigenvalue weighted by Crippen LogP contribution is -2.25. The van der Waals surface area contributed by atoms with Gasteiger partial charge in [0.25, 0.3) is 0 Å². The van der Waals surface area contributed by atoms with Crippen molar-refractivity contribution in [1.82, 2.24) is 24.5 Å². The molecule has 0 fully saturated rings. The molecular weight excluding hydrogens is 366 g/mol. The summed E-state index contributed by atoms with van der Waals surface area (Å²) >= 11 is 0. The van der Waals surface area contributed by atoms with Gasteiger partial charge in [0.1, 0.15) is 12.4 Å². The van der Waals surface area contributed by atoms with Crippen LogP contribution >= 0.6 is 0 Å². The Morgan fingerprint density at radius 2 is 2.07 bits per heavy atom. The minimum Gasteiger partial charge on any atom is -0.413 e. The molecule has 0 aliphatic carbocycles. The van der Waals surface area contributed by atoms with Crippen molar-refractivity contribution in [2.24, 2.45) is 0 Å². The number of fused-ring (bicyclic) bond motifs is 1. The third kappa shape index (κ3) is 4.52. The molecule has 3 aromatic heterocycles. The fourth-order valence-corrected chi connectivity index (χ4v) is 3.89. The Balaban J connectivity index is 1.92. The van der Waals surface area contributed by atoms with Gasteiger partial charge in [0, 0.05) is 31.4 Å². The number of hydrogen-bond donors (Lipinski definition) is 0. The molecule has 0 bridgehead atoms. The van der Waals surface area contributed by atoms with Crippen LogP contribution in [0.1, 0.15) is 31.6 Å². The summed E-state index contributed by atoms with van der Waals surface area (Å²) in [6.45, 7) is 15.7. The molecule has 0 saturated heterocycles. The molecule has 0 aliphatic heterocycles. The molecule has 0 spiro atoms. The van der Waals surface area contributed by atoms with Crippen molar-refractivity contribution in [3.8, 4) is 11.3 Å². The van der Waals surface area contributed by atoms with E-state index in [0.29, 0.717) is 12.6 Å². The van der Waals surface area contributed by atoms with E-state index >= 15 is 0 Å². The van der Waals surface area contributed by atoms with Crippen LogP contribution in [-0.4, -0.2) is 39.2 Å². The molecule has 7 heteroatoms. The summed E-state index contributed by atoms with van der Waals surface area (Å²) in [5, 5.41) is 5.56. The van der Waals surface area contributed by atoms with Crippen LogP contribution in [-0.2, 0) is 0 Å². The highest BCUT2D eigenvalue weighted by atomic mass is 28.3. The zero-order valence-electron chi connectivity index (χ0n) is 17.6. The summed E-state index contributed by atoms with van der Waals surface area (Å²) in [6.07, 6.45) is 9.74. The van der Waals surface area contributed by atoms with E-state index in [4.69, 9.17) is 9.82 Å². The number of nitrogens with zero attached hydrogens (tertiary/aromatic N) is 5. The average Bonchev–Trinajstić information content (AvgIpc) is 3.26. The fourth-order valence-electron chi connectivity index (χ4n) is 3.19. The van der Waals surface area contributed by atoms with Crippen molar-refractivity contribution >= 4 is 19.1 Å². The SMILES string of the molecule is C=CCC(CC)n1cc(-c2nc(C)nc3c2ccn3OCC[Si](C)(C)C)cn1. The Morgan fingerprint density at radius 1 is 1.29 bits per heavy atom. The Bertz CT molecular complexity index is 954. The fraction of sp³-hybridized carbons (Fsp3) is 0.476. The highest BCUT2D eigenvalue weighted by molar-refractivity contribution is 6.76. The largest absolute Gasteiger partial charge is 0.413 e. The predicted octanol–water partition coefficient (Wildman–Crippen LogP) is 4.90. The lowest BCUT2D eigenvalue weighted by molar-refractivity contribution is 0.130. The van der Waals surface area contributed by atoms with Crippen molar-refractivity contribution in [3.63, 3.8) is 0 Å². The summed E-state index contributed by atoms with van der Waals surface area (Å²) in [7, 11) is -1.14. The van der Waals surface area contributed by atoms with Crippen molar-refractivity contribution in [1.29, 1.82) is 0 Å². The third-order valence-corrected chi connectivity index (χ3v) is 6.57. The van der Waals surface area contributed by atoms with Crippen molar-refractivity contribution < 1.29 is 4.84 Å². The van der Waals surface area contributed by atoms with Gasteiger partial charge in [-0.1, -0.05) is 32.6 Å². The number of aromatic nitrogens is 5. The molecule has 3 heterocycles. The number of allylic oxidation sites excluding steroid dienone is 1.